The Balaban J connectivity index is 1.72. The zero-order chi connectivity index (χ0) is 19.9. The normalized spacial score (nSPS) is 20.0. The van der Waals surface area contributed by atoms with Gasteiger partial charge in [-0.1, -0.05) is 75.1 Å². The van der Waals surface area contributed by atoms with E-state index in [0.29, 0.717) is 23.3 Å². The lowest BCUT2D eigenvalue weighted by Gasteiger charge is -2.33. The number of esters is 1. The lowest BCUT2D eigenvalue weighted by atomic mass is 10.0. The van der Waals surface area contributed by atoms with Gasteiger partial charge in [0.05, 0.1) is 6.42 Å². The van der Waals surface area contributed by atoms with E-state index in [9.17, 15) is 15.0 Å². The summed E-state index contributed by atoms with van der Waals surface area (Å²) in [6.07, 6.45) is 3.23. The van der Waals surface area contributed by atoms with Crippen molar-refractivity contribution < 1.29 is 19.7 Å². The van der Waals surface area contributed by atoms with Crippen molar-refractivity contribution >= 4 is 5.97 Å². The van der Waals surface area contributed by atoms with E-state index in [2.05, 4.69) is 6.92 Å². The highest BCUT2D eigenvalue weighted by atomic mass is 16.5. The number of aliphatic hydroxyl groups excluding tert-OH is 2. The second kappa shape index (κ2) is 9.82. The van der Waals surface area contributed by atoms with Crippen LogP contribution in [-0.2, 0) is 4.79 Å². The third-order valence-electron chi connectivity index (χ3n) is 5.31. The summed E-state index contributed by atoms with van der Waals surface area (Å²) in [6.45, 7) is 2.15. The van der Waals surface area contributed by atoms with Crippen molar-refractivity contribution in [2.75, 3.05) is 0 Å². The van der Waals surface area contributed by atoms with E-state index in [1.54, 1.807) is 17.0 Å². The quantitative estimate of drug-likeness (QED) is 0.383. The lowest BCUT2D eigenvalue weighted by Crippen LogP contribution is -2.39. The van der Waals surface area contributed by atoms with Crippen LogP contribution in [0.2, 0.25) is 0 Å². The first-order chi connectivity index (χ1) is 13.6. The molecule has 0 radical (unpaired) electrons. The zero-order valence-electron chi connectivity index (χ0n) is 16.3. The smallest absolute Gasteiger partial charge is 0.312 e. The number of aliphatic hydroxyl groups is 2. The first-order valence-corrected chi connectivity index (χ1v) is 10.1. The van der Waals surface area contributed by atoms with E-state index in [-0.39, 0.29) is 18.4 Å². The van der Waals surface area contributed by atoms with Crippen molar-refractivity contribution in [1.82, 2.24) is 4.90 Å². The van der Waals surface area contributed by atoms with Gasteiger partial charge in [-0.25, -0.2) is 4.90 Å². The number of rotatable bonds is 9. The molecule has 3 atom stereocenters. The number of hydrogen-bond donors (Lipinski definition) is 2. The second-order valence-corrected chi connectivity index (χ2v) is 7.32. The molecule has 2 aromatic rings. The van der Waals surface area contributed by atoms with E-state index < -0.39 is 12.5 Å². The van der Waals surface area contributed by atoms with E-state index in [1.165, 1.54) is 0 Å². The van der Waals surface area contributed by atoms with Crippen molar-refractivity contribution in [3.05, 3.63) is 65.7 Å². The maximum absolute atomic E-state index is 12.5. The van der Waals surface area contributed by atoms with E-state index in [0.717, 1.165) is 25.7 Å². The molecule has 5 heteroatoms. The highest BCUT2D eigenvalue weighted by Crippen LogP contribution is 2.42. The van der Waals surface area contributed by atoms with Crippen LogP contribution in [0, 0.1) is 0 Å². The Morgan fingerprint density at radius 1 is 0.964 bits per heavy atom. The Kier molecular flexibility index (Phi) is 7.20. The number of para-hydroxylation sites is 1. The van der Waals surface area contributed by atoms with Gasteiger partial charge in [-0.2, -0.15) is 0 Å². The first-order valence-electron chi connectivity index (χ1n) is 10.1. The number of hydrogen-bond acceptors (Lipinski definition) is 5. The molecule has 1 aliphatic heterocycles. The zero-order valence-corrected chi connectivity index (χ0v) is 16.3. The fourth-order valence-corrected chi connectivity index (χ4v) is 3.85. The van der Waals surface area contributed by atoms with Crippen molar-refractivity contribution in [3.8, 4) is 5.75 Å². The van der Waals surface area contributed by atoms with Crippen molar-refractivity contribution in [3.63, 3.8) is 0 Å². The molecule has 2 N–H and O–H groups in total. The third-order valence-corrected chi connectivity index (χ3v) is 5.31. The van der Waals surface area contributed by atoms with Crippen LogP contribution in [0.5, 0.6) is 5.75 Å². The minimum atomic E-state index is -0.924. The van der Waals surface area contributed by atoms with Gasteiger partial charge in [0.2, 0.25) is 0 Å². The molecule has 3 rings (SSSR count). The minimum absolute atomic E-state index is 0.114. The standard InChI is InChI=1S/C23H29NO4/c1-2-3-4-6-11-17(16-21(25)28-18-12-7-5-8-13-18)24-22(26)19-14-9-10-15-20(19)23(24)27/h5,7-10,12-15,17,22-23,26-27H,2-4,6,11,16H2,1H3. The summed E-state index contributed by atoms with van der Waals surface area (Å²) in [7, 11) is 0. The van der Waals surface area contributed by atoms with Crippen LogP contribution in [0.3, 0.4) is 0 Å². The van der Waals surface area contributed by atoms with Gasteiger partial charge in [-0.3, -0.25) is 4.79 Å². The summed E-state index contributed by atoms with van der Waals surface area (Å²) in [6, 6.07) is 16.0. The van der Waals surface area contributed by atoms with Crippen LogP contribution in [0.4, 0.5) is 0 Å². The Morgan fingerprint density at radius 2 is 1.57 bits per heavy atom. The molecule has 0 aliphatic carbocycles. The first kappa shape index (κ1) is 20.5. The molecular weight excluding hydrogens is 354 g/mol. The van der Waals surface area contributed by atoms with Gasteiger partial charge in [-0.05, 0) is 18.6 Å². The van der Waals surface area contributed by atoms with Gasteiger partial charge in [0, 0.05) is 17.2 Å². The molecule has 0 aromatic heterocycles. The molecule has 0 spiro atoms. The Labute approximate surface area is 166 Å². The van der Waals surface area contributed by atoms with Gasteiger partial charge in [0.1, 0.15) is 18.2 Å². The van der Waals surface area contributed by atoms with Crippen molar-refractivity contribution in [2.45, 2.75) is 63.9 Å². The second-order valence-electron chi connectivity index (χ2n) is 7.32. The van der Waals surface area contributed by atoms with Crippen LogP contribution in [0.25, 0.3) is 0 Å². The average molecular weight is 383 g/mol. The van der Waals surface area contributed by atoms with Crippen molar-refractivity contribution in [1.29, 1.82) is 0 Å². The Bertz CT molecular complexity index is 735. The molecule has 3 unspecified atom stereocenters. The van der Waals surface area contributed by atoms with Gasteiger partial charge in [0.25, 0.3) is 0 Å². The molecule has 2 aromatic carbocycles. The number of ether oxygens (including phenoxy) is 1. The van der Waals surface area contributed by atoms with Crippen LogP contribution >= 0.6 is 0 Å². The molecule has 1 heterocycles. The molecule has 0 saturated carbocycles. The highest BCUT2D eigenvalue weighted by Gasteiger charge is 2.40. The van der Waals surface area contributed by atoms with Crippen LogP contribution in [0.1, 0.15) is 69.0 Å². The molecule has 0 fully saturated rings. The van der Waals surface area contributed by atoms with Gasteiger partial charge in [-0.15, -0.1) is 0 Å². The number of benzene rings is 2. The Hall–Kier alpha value is -2.21. The summed E-state index contributed by atoms with van der Waals surface area (Å²) in [5.41, 5.74) is 1.40. The molecule has 5 nitrogen and oxygen atoms in total. The molecule has 1 aliphatic rings. The maximum atomic E-state index is 12.5. The molecular formula is C23H29NO4. The number of carbonyl (C=O) groups excluding carboxylic acids is 1. The van der Waals surface area contributed by atoms with Gasteiger partial charge < -0.3 is 14.9 Å². The number of fused-ring (bicyclic) bond motifs is 1. The van der Waals surface area contributed by atoms with Gasteiger partial charge in [0.15, 0.2) is 0 Å². The summed E-state index contributed by atoms with van der Waals surface area (Å²) in [5, 5.41) is 21.6. The van der Waals surface area contributed by atoms with E-state index in [1.807, 2.05) is 42.5 Å². The van der Waals surface area contributed by atoms with Crippen LogP contribution in [-0.4, -0.2) is 27.1 Å². The van der Waals surface area contributed by atoms with Crippen molar-refractivity contribution in [2.24, 2.45) is 0 Å². The van der Waals surface area contributed by atoms with Crippen LogP contribution in [0.15, 0.2) is 54.6 Å². The average Bonchev–Trinajstić information content (AvgIpc) is 2.96. The van der Waals surface area contributed by atoms with E-state index in [4.69, 9.17) is 4.74 Å². The number of nitrogens with zero attached hydrogens (tertiary/aromatic N) is 1. The fraction of sp³-hybridized carbons (Fsp3) is 0.435. The SMILES string of the molecule is CCCCCCC(CC(=O)Oc1ccccc1)N1C(O)c2ccccc2C1O. The summed E-state index contributed by atoms with van der Waals surface area (Å²) in [4.78, 5) is 14.2. The summed E-state index contributed by atoms with van der Waals surface area (Å²) < 4.78 is 5.45. The topological polar surface area (TPSA) is 70.0 Å². The number of carbonyl (C=O) groups is 1. The highest BCUT2D eigenvalue weighted by molar-refractivity contribution is 5.73. The van der Waals surface area contributed by atoms with Crippen LogP contribution < -0.4 is 4.74 Å². The molecule has 0 saturated heterocycles. The predicted octanol–water partition coefficient (Wildman–Crippen LogP) is 4.32. The number of unbranched alkanes of at least 4 members (excludes halogenated alkanes) is 3. The molecule has 28 heavy (non-hydrogen) atoms. The largest absolute Gasteiger partial charge is 0.426 e. The minimum Gasteiger partial charge on any atom is -0.426 e. The lowest BCUT2D eigenvalue weighted by molar-refractivity contribution is -0.143. The summed E-state index contributed by atoms with van der Waals surface area (Å²) >= 11 is 0. The molecule has 0 bridgehead atoms. The predicted molar refractivity (Wildman–Crippen MR) is 107 cm³/mol. The molecule has 0 amide bonds. The third kappa shape index (κ3) is 4.79. The monoisotopic (exact) mass is 383 g/mol. The maximum Gasteiger partial charge on any atom is 0.312 e. The summed E-state index contributed by atoms with van der Waals surface area (Å²) in [5.74, 6) is 0.144. The molecule has 150 valence electrons. The fourth-order valence-electron chi connectivity index (χ4n) is 3.85. The van der Waals surface area contributed by atoms with E-state index >= 15 is 0 Å². The Morgan fingerprint density at radius 3 is 2.18 bits per heavy atom. The van der Waals surface area contributed by atoms with Gasteiger partial charge >= 0.3 is 5.97 Å².